The van der Waals surface area contributed by atoms with Gasteiger partial charge in [-0.1, -0.05) is 31.9 Å². The Balaban J connectivity index is 1.77. The highest BCUT2D eigenvalue weighted by Gasteiger charge is 2.23. The van der Waals surface area contributed by atoms with Gasteiger partial charge in [0.1, 0.15) is 22.8 Å². The topological polar surface area (TPSA) is 44.1 Å². The van der Waals surface area contributed by atoms with Crippen LogP contribution in [0.1, 0.15) is 45.1 Å². The maximum atomic E-state index is 14.6. The summed E-state index contributed by atoms with van der Waals surface area (Å²) in [6, 6.07) is 12.6. The molecule has 0 spiro atoms. The van der Waals surface area contributed by atoms with Crippen molar-refractivity contribution in [2.45, 2.75) is 45.1 Å². The quantitative estimate of drug-likeness (QED) is 0.474. The highest BCUT2D eigenvalue weighted by Crippen LogP contribution is 2.36. The van der Waals surface area contributed by atoms with Crippen molar-refractivity contribution in [3.63, 3.8) is 0 Å². The van der Waals surface area contributed by atoms with Crippen LogP contribution < -0.4 is 4.74 Å². The summed E-state index contributed by atoms with van der Waals surface area (Å²) in [5, 5.41) is 5.59. The van der Waals surface area contributed by atoms with Crippen LogP contribution in [0.2, 0.25) is 0 Å². The lowest BCUT2D eigenvalue weighted by Gasteiger charge is -2.11. The highest BCUT2D eigenvalue weighted by atomic mass is 19.1. The number of rotatable bonds is 4. The molecular formula is C21H21FN2O2. The molecule has 1 aliphatic carbocycles. The first kappa shape index (κ1) is 16.8. The van der Waals surface area contributed by atoms with E-state index in [0.29, 0.717) is 17.7 Å². The first-order valence-electron chi connectivity index (χ1n) is 9.15. The lowest BCUT2D eigenvalue weighted by Crippen LogP contribution is -2.07. The molecule has 3 aromatic rings. The molecule has 1 fully saturated rings. The molecule has 26 heavy (non-hydrogen) atoms. The van der Waals surface area contributed by atoms with E-state index in [1.807, 2.05) is 22.9 Å². The standard InChI is InChI=1S/C21H21FN2O2/c1-2-19(25)26-16-12-10-14(11-13-16)20-17-8-5-9-18(22)21(17)24(23-20)15-6-3-4-7-15/h5,8-13,15H,2-4,6-7H2,1H3. The highest BCUT2D eigenvalue weighted by molar-refractivity contribution is 5.93. The Morgan fingerprint density at radius 1 is 1.19 bits per heavy atom. The van der Waals surface area contributed by atoms with Crippen molar-refractivity contribution in [2.24, 2.45) is 0 Å². The van der Waals surface area contributed by atoms with Crippen LogP contribution in [0.15, 0.2) is 42.5 Å². The van der Waals surface area contributed by atoms with E-state index in [0.717, 1.165) is 42.3 Å². The predicted molar refractivity (Wildman–Crippen MR) is 98.6 cm³/mol. The molecule has 0 radical (unpaired) electrons. The summed E-state index contributed by atoms with van der Waals surface area (Å²) in [7, 11) is 0. The first-order valence-corrected chi connectivity index (χ1v) is 9.15. The van der Waals surface area contributed by atoms with Crippen molar-refractivity contribution in [1.29, 1.82) is 0 Å². The number of carbonyl (C=O) groups is 1. The van der Waals surface area contributed by atoms with Gasteiger partial charge in [-0.2, -0.15) is 5.10 Å². The van der Waals surface area contributed by atoms with Gasteiger partial charge in [0.05, 0.1) is 6.04 Å². The Morgan fingerprint density at radius 3 is 2.62 bits per heavy atom. The number of carbonyl (C=O) groups excluding carboxylic acids is 1. The number of benzene rings is 2. The Hall–Kier alpha value is -2.69. The number of fused-ring (bicyclic) bond motifs is 1. The number of halogens is 1. The molecule has 0 unspecified atom stereocenters. The SMILES string of the molecule is CCC(=O)Oc1ccc(-c2nn(C3CCCC3)c3c(F)cccc23)cc1. The van der Waals surface area contributed by atoms with Crippen LogP contribution in [0.4, 0.5) is 4.39 Å². The van der Waals surface area contributed by atoms with E-state index >= 15 is 0 Å². The minimum absolute atomic E-state index is 0.235. The van der Waals surface area contributed by atoms with Gasteiger partial charge in [0.2, 0.25) is 0 Å². The third-order valence-electron chi connectivity index (χ3n) is 5.00. The van der Waals surface area contributed by atoms with Crippen LogP contribution in [-0.4, -0.2) is 15.7 Å². The monoisotopic (exact) mass is 352 g/mol. The van der Waals surface area contributed by atoms with Crippen molar-refractivity contribution in [3.05, 3.63) is 48.3 Å². The predicted octanol–water partition coefficient (Wildman–Crippen LogP) is 5.27. The molecule has 5 heteroatoms. The summed E-state index contributed by atoms with van der Waals surface area (Å²) in [6.07, 6.45) is 4.73. The normalized spacial score (nSPS) is 14.8. The number of hydrogen-bond acceptors (Lipinski definition) is 3. The van der Waals surface area contributed by atoms with Crippen LogP contribution in [-0.2, 0) is 4.79 Å². The van der Waals surface area contributed by atoms with Gasteiger partial charge in [-0.15, -0.1) is 0 Å². The average molecular weight is 352 g/mol. The Labute approximate surface area is 151 Å². The van der Waals surface area contributed by atoms with E-state index in [2.05, 4.69) is 0 Å². The van der Waals surface area contributed by atoms with E-state index in [4.69, 9.17) is 9.84 Å². The van der Waals surface area contributed by atoms with Crippen molar-refractivity contribution in [2.75, 3.05) is 0 Å². The van der Waals surface area contributed by atoms with E-state index in [1.54, 1.807) is 25.1 Å². The molecule has 1 heterocycles. The molecule has 0 atom stereocenters. The fraction of sp³-hybridized carbons (Fsp3) is 0.333. The third kappa shape index (κ3) is 2.98. The van der Waals surface area contributed by atoms with Crippen LogP contribution in [0, 0.1) is 5.82 Å². The summed E-state index contributed by atoms with van der Waals surface area (Å²) in [5.41, 5.74) is 2.23. The zero-order chi connectivity index (χ0) is 18.1. The van der Waals surface area contributed by atoms with Crippen molar-refractivity contribution in [3.8, 4) is 17.0 Å². The summed E-state index contributed by atoms with van der Waals surface area (Å²) in [4.78, 5) is 11.4. The van der Waals surface area contributed by atoms with Crippen LogP contribution >= 0.6 is 0 Å². The van der Waals surface area contributed by atoms with Gasteiger partial charge >= 0.3 is 5.97 Å². The van der Waals surface area contributed by atoms with Gasteiger partial charge in [-0.3, -0.25) is 9.48 Å². The second-order valence-electron chi connectivity index (χ2n) is 6.72. The molecule has 1 saturated carbocycles. The Morgan fingerprint density at radius 2 is 1.92 bits per heavy atom. The fourth-order valence-corrected chi connectivity index (χ4v) is 3.66. The third-order valence-corrected chi connectivity index (χ3v) is 5.00. The zero-order valence-electron chi connectivity index (χ0n) is 14.7. The molecule has 4 rings (SSSR count). The molecule has 134 valence electrons. The summed E-state index contributed by atoms with van der Waals surface area (Å²) >= 11 is 0. The minimum atomic E-state index is -0.268. The average Bonchev–Trinajstić information content (AvgIpc) is 3.30. The van der Waals surface area contributed by atoms with Gasteiger partial charge in [0.15, 0.2) is 0 Å². The van der Waals surface area contributed by atoms with Crippen molar-refractivity contribution in [1.82, 2.24) is 9.78 Å². The second kappa shape index (κ2) is 6.90. The fourth-order valence-electron chi connectivity index (χ4n) is 3.66. The molecule has 0 aliphatic heterocycles. The number of hydrogen-bond donors (Lipinski definition) is 0. The van der Waals surface area contributed by atoms with Gasteiger partial charge < -0.3 is 4.74 Å². The summed E-state index contributed by atoms with van der Waals surface area (Å²) < 4.78 is 21.7. The van der Waals surface area contributed by atoms with E-state index in [-0.39, 0.29) is 17.8 Å². The van der Waals surface area contributed by atoms with E-state index in [1.165, 1.54) is 6.07 Å². The number of ether oxygens (including phenoxy) is 1. The zero-order valence-corrected chi connectivity index (χ0v) is 14.7. The number of para-hydroxylation sites is 1. The molecule has 0 bridgehead atoms. The number of aromatic nitrogens is 2. The smallest absolute Gasteiger partial charge is 0.310 e. The number of nitrogens with zero attached hydrogens (tertiary/aromatic N) is 2. The van der Waals surface area contributed by atoms with Crippen LogP contribution in [0.5, 0.6) is 5.75 Å². The molecule has 1 aliphatic rings. The summed E-state index contributed by atoms with van der Waals surface area (Å²) in [6.45, 7) is 1.76. The van der Waals surface area contributed by atoms with E-state index in [9.17, 15) is 9.18 Å². The Bertz CT molecular complexity index is 941. The van der Waals surface area contributed by atoms with E-state index < -0.39 is 0 Å². The van der Waals surface area contributed by atoms with Gasteiger partial charge in [0, 0.05) is 17.4 Å². The maximum Gasteiger partial charge on any atom is 0.310 e. The molecule has 4 nitrogen and oxygen atoms in total. The number of esters is 1. The van der Waals surface area contributed by atoms with Gasteiger partial charge in [-0.05, 0) is 43.2 Å². The first-order chi connectivity index (χ1) is 12.7. The maximum absolute atomic E-state index is 14.6. The van der Waals surface area contributed by atoms with Gasteiger partial charge in [-0.25, -0.2) is 4.39 Å². The summed E-state index contributed by atoms with van der Waals surface area (Å²) in [5.74, 6) is 0.00346. The molecule has 0 saturated heterocycles. The van der Waals surface area contributed by atoms with Crippen molar-refractivity contribution >= 4 is 16.9 Å². The lowest BCUT2D eigenvalue weighted by atomic mass is 10.1. The molecule has 2 aromatic carbocycles. The molecule has 1 aromatic heterocycles. The van der Waals surface area contributed by atoms with Crippen LogP contribution in [0.3, 0.4) is 0 Å². The largest absolute Gasteiger partial charge is 0.427 e. The van der Waals surface area contributed by atoms with Crippen molar-refractivity contribution < 1.29 is 13.9 Å². The van der Waals surface area contributed by atoms with Gasteiger partial charge in [0.25, 0.3) is 0 Å². The second-order valence-corrected chi connectivity index (χ2v) is 6.72. The van der Waals surface area contributed by atoms with Crippen LogP contribution in [0.25, 0.3) is 22.2 Å². The Kier molecular flexibility index (Phi) is 4.45. The lowest BCUT2D eigenvalue weighted by molar-refractivity contribution is -0.134. The minimum Gasteiger partial charge on any atom is -0.427 e. The molecule has 0 amide bonds. The molecule has 0 N–H and O–H groups in total. The molecular weight excluding hydrogens is 331 g/mol.